The van der Waals surface area contributed by atoms with E-state index in [0.29, 0.717) is 13.2 Å². The van der Waals surface area contributed by atoms with Crippen molar-refractivity contribution >= 4 is 9.84 Å². The van der Waals surface area contributed by atoms with E-state index in [1.807, 2.05) is 11.9 Å². The zero-order valence-corrected chi connectivity index (χ0v) is 14.0. The van der Waals surface area contributed by atoms with Gasteiger partial charge in [-0.3, -0.25) is 4.90 Å². The van der Waals surface area contributed by atoms with Crippen LogP contribution in [0.3, 0.4) is 0 Å². The molecule has 1 fully saturated rings. The molecule has 0 unspecified atom stereocenters. The van der Waals surface area contributed by atoms with Gasteiger partial charge >= 0.3 is 0 Å². The van der Waals surface area contributed by atoms with Gasteiger partial charge in [-0.25, -0.2) is 12.8 Å². The molecule has 0 N–H and O–H groups in total. The van der Waals surface area contributed by atoms with Crippen LogP contribution in [0.25, 0.3) is 0 Å². The lowest BCUT2D eigenvalue weighted by atomic mass is 9.94. The van der Waals surface area contributed by atoms with E-state index in [-0.39, 0.29) is 22.9 Å². The molecule has 0 bridgehead atoms. The third-order valence-electron chi connectivity index (χ3n) is 4.32. The largest absolute Gasteiger partial charge is 0.489 e. The van der Waals surface area contributed by atoms with Crippen molar-refractivity contribution in [3.8, 4) is 5.75 Å². The summed E-state index contributed by atoms with van der Waals surface area (Å²) in [6, 6.07) is 6.32. The first kappa shape index (κ1) is 17.2. The highest BCUT2D eigenvalue weighted by molar-refractivity contribution is 7.91. The fraction of sp³-hybridized carbons (Fsp3) is 0.625. The summed E-state index contributed by atoms with van der Waals surface area (Å²) in [5, 5.41) is -0.306. The van der Waals surface area contributed by atoms with Crippen LogP contribution in [0.1, 0.15) is 25.7 Å². The molecule has 1 aliphatic rings. The molecule has 1 aromatic carbocycles. The number of benzene rings is 1. The predicted octanol–water partition coefficient (Wildman–Crippen LogP) is 2.49. The normalized spacial score (nSPS) is 22.7. The topological polar surface area (TPSA) is 46.6 Å². The molecule has 0 amide bonds. The lowest BCUT2D eigenvalue weighted by Gasteiger charge is -2.36. The standard InChI is InChI=1S/C16H24FNO3S/c1-18(11-12-21-15-9-5-3-7-13(15)17)14-8-4-6-10-16(14)22(2,19)20/h3,5,7,9,14,16H,4,6,8,10-12H2,1-2H3/t14-,16+/m0/s1. The molecule has 0 aliphatic heterocycles. The van der Waals surface area contributed by atoms with Crippen molar-refractivity contribution in [1.29, 1.82) is 0 Å². The number of para-hydroxylation sites is 1. The zero-order chi connectivity index (χ0) is 16.2. The van der Waals surface area contributed by atoms with E-state index in [1.165, 1.54) is 12.3 Å². The van der Waals surface area contributed by atoms with Crippen molar-refractivity contribution in [3.05, 3.63) is 30.1 Å². The zero-order valence-electron chi connectivity index (χ0n) is 13.2. The summed E-state index contributed by atoms with van der Waals surface area (Å²) >= 11 is 0. The van der Waals surface area contributed by atoms with E-state index in [9.17, 15) is 12.8 Å². The minimum Gasteiger partial charge on any atom is -0.489 e. The van der Waals surface area contributed by atoms with Crippen LogP contribution in [0.5, 0.6) is 5.75 Å². The van der Waals surface area contributed by atoms with Crippen LogP contribution in [0.15, 0.2) is 24.3 Å². The van der Waals surface area contributed by atoms with Gasteiger partial charge in [0.05, 0.1) is 5.25 Å². The van der Waals surface area contributed by atoms with E-state index < -0.39 is 9.84 Å². The van der Waals surface area contributed by atoms with Crippen molar-refractivity contribution in [2.24, 2.45) is 0 Å². The Hall–Kier alpha value is -1.14. The van der Waals surface area contributed by atoms with E-state index >= 15 is 0 Å². The van der Waals surface area contributed by atoms with E-state index in [4.69, 9.17) is 4.74 Å². The van der Waals surface area contributed by atoms with Gasteiger partial charge in [0.15, 0.2) is 21.4 Å². The molecule has 22 heavy (non-hydrogen) atoms. The third-order valence-corrected chi connectivity index (χ3v) is 5.97. The molecule has 4 nitrogen and oxygen atoms in total. The lowest BCUT2D eigenvalue weighted by molar-refractivity contribution is 0.160. The maximum atomic E-state index is 13.5. The highest BCUT2D eigenvalue weighted by Gasteiger charge is 2.34. The van der Waals surface area contributed by atoms with Gasteiger partial charge in [-0.1, -0.05) is 25.0 Å². The molecular formula is C16H24FNO3S. The molecule has 0 radical (unpaired) electrons. The van der Waals surface area contributed by atoms with Gasteiger partial charge in [0.1, 0.15) is 6.61 Å². The fourth-order valence-corrected chi connectivity index (χ4v) is 4.62. The summed E-state index contributed by atoms with van der Waals surface area (Å²) < 4.78 is 42.8. The quantitative estimate of drug-likeness (QED) is 0.804. The summed E-state index contributed by atoms with van der Waals surface area (Å²) in [4.78, 5) is 2.03. The van der Waals surface area contributed by atoms with Crippen molar-refractivity contribution in [3.63, 3.8) is 0 Å². The predicted molar refractivity (Wildman–Crippen MR) is 85.4 cm³/mol. The van der Waals surface area contributed by atoms with Crippen LogP contribution < -0.4 is 4.74 Å². The summed E-state index contributed by atoms with van der Waals surface area (Å²) in [7, 11) is -1.13. The van der Waals surface area contributed by atoms with Crippen LogP contribution in [0.2, 0.25) is 0 Å². The molecule has 2 rings (SSSR count). The van der Waals surface area contributed by atoms with Gasteiger partial charge in [-0.2, -0.15) is 0 Å². The molecule has 0 saturated heterocycles. The Balaban J connectivity index is 1.90. The van der Waals surface area contributed by atoms with Crippen molar-refractivity contribution in [1.82, 2.24) is 4.90 Å². The second-order valence-corrected chi connectivity index (χ2v) is 8.24. The van der Waals surface area contributed by atoms with Crippen molar-refractivity contribution in [2.75, 3.05) is 26.5 Å². The van der Waals surface area contributed by atoms with Crippen LogP contribution >= 0.6 is 0 Å². The van der Waals surface area contributed by atoms with Crippen molar-refractivity contribution in [2.45, 2.75) is 37.0 Å². The molecule has 6 heteroatoms. The molecule has 1 saturated carbocycles. The smallest absolute Gasteiger partial charge is 0.165 e. The summed E-state index contributed by atoms with van der Waals surface area (Å²) in [5.74, 6) is -0.143. The molecule has 1 aliphatic carbocycles. The number of hydrogen-bond acceptors (Lipinski definition) is 4. The first-order chi connectivity index (χ1) is 10.4. The Morgan fingerprint density at radius 1 is 1.27 bits per heavy atom. The summed E-state index contributed by atoms with van der Waals surface area (Å²) in [6.45, 7) is 0.912. The Kier molecular flexibility index (Phi) is 5.81. The molecule has 124 valence electrons. The average molecular weight is 329 g/mol. The average Bonchev–Trinajstić information content (AvgIpc) is 2.48. The van der Waals surface area contributed by atoms with Gasteiger partial charge in [0.2, 0.25) is 0 Å². The first-order valence-corrected chi connectivity index (χ1v) is 9.61. The SMILES string of the molecule is CN(CCOc1ccccc1F)[C@H]1CCCC[C@H]1S(C)(=O)=O. The second kappa shape index (κ2) is 7.42. The number of ether oxygens (including phenoxy) is 1. The van der Waals surface area contributed by atoms with Crippen LogP contribution in [-0.4, -0.2) is 51.1 Å². The Bertz CT molecular complexity index is 591. The maximum Gasteiger partial charge on any atom is 0.165 e. The number of halogens is 1. The third kappa shape index (κ3) is 4.43. The van der Waals surface area contributed by atoms with Gasteiger partial charge in [-0.15, -0.1) is 0 Å². The minimum atomic E-state index is -3.05. The lowest BCUT2D eigenvalue weighted by Crippen LogP contribution is -2.48. The van der Waals surface area contributed by atoms with Crippen molar-refractivity contribution < 1.29 is 17.5 Å². The summed E-state index contributed by atoms with van der Waals surface area (Å²) in [6.07, 6.45) is 4.94. The van der Waals surface area contributed by atoms with Gasteiger partial charge in [0, 0.05) is 18.8 Å². The highest BCUT2D eigenvalue weighted by Crippen LogP contribution is 2.27. The molecular weight excluding hydrogens is 305 g/mol. The van der Waals surface area contributed by atoms with E-state index in [2.05, 4.69) is 0 Å². The second-order valence-electron chi connectivity index (χ2n) is 5.98. The van der Waals surface area contributed by atoms with E-state index in [1.54, 1.807) is 18.2 Å². The number of sulfone groups is 1. The number of hydrogen-bond donors (Lipinski definition) is 0. The Labute approximate surface area is 132 Å². The molecule has 0 heterocycles. The molecule has 0 spiro atoms. The number of rotatable bonds is 6. The Morgan fingerprint density at radius 3 is 2.64 bits per heavy atom. The van der Waals surface area contributed by atoms with Crippen LogP contribution in [0, 0.1) is 5.82 Å². The first-order valence-electron chi connectivity index (χ1n) is 7.66. The molecule has 0 aromatic heterocycles. The monoisotopic (exact) mass is 329 g/mol. The highest BCUT2D eigenvalue weighted by atomic mass is 32.2. The number of nitrogens with zero attached hydrogens (tertiary/aromatic N) is 1. The van der Waals surface area contributed by atoms with Gasteiger partial charge < -0.3 is 4.74 Å². The summed E-state index contributed by atoms with van der Waals surface area (Å²) in [5.41, 5.74) is 0. The maximum absolute atomic E-state index is 13.5. The molecule has 2 atom stereocenters. The minimum absolute atomic E-state index is 0.0213. The molecule has 1 aromatic rings. The van der Waals surface area contributed by atoms with E-state index in [0.717, 1.165) is 25.7 Å². The fourth-order valence-electron chi connectivity index (χ4n) is 3.11. The van der Waals surface area contributed by atoms with Gasteiger partial charge in [-0.05, 0) is 32.0 Å². The number of likely N-dealkylation sites (N-methyl/N-ethyl adjacent to an activating group) is 1. The van der Waals surface area contributed by atoms with Crippen LogP contribution in [-0.2, 0) is 9.84 Å². The van der Waals surface area contributed by atoms with Crippen LogP contribution in [0.4, 0.5) is 4.39 Å². The Morgan fingerprint density at radius 2 is 1.95 bits per heavy atom. The van der Waals surface area contributed by atoms with Gasteiger partial charge in [0.25, 0.3) is 0 Å².